The van der Waals surface area contributed by atoms with Gasteiger partial charge in [0.15, 0.2) is 0 Å². The zero-order valence-electron chi connectivity index (χ0n) is 13.3. The van der Waals surface area contributed by atoms with Crippen LogP contribution < -0.4 is 5.56 Å². The van der Waals surface area contributed by atoms with E-state index in [-0.39, 0.29) is 23.1 Å². The Balaban J connectivity index is 2.25. The standard InChI is InChI=1S/C15H22N4O3/c1-4-9-19-13(20)8-7-11(16-19)14(21)18-10-5-6-12(18)15(22)17(2)3/h7-8,12H,4-6,9-10H2,1-3H3/t12-/m0/s1. The smallest absolute Gasteiger partial charge is 0.274 e. The van der Waals surface area contributed by atoms with Gasteiger partial charge in [-0.1, -0.05) is 6.92 Å². The van der Waals surface area contributed by atoms with E-state index in [1.165, 1.54) is 21.7 Å². The molecule has 120 valence electrons. The second-order valence-electron chi connectivity index (χ2n) is 5.67. The number of hydrogen-bond donors (Lipinski definition) is 0. The van der Waals surface area contributed by atoms with Gasteiger partial charge in [-0.25, -0.2) is 4.68 Å². The maximum absolute atomic E-state index is 12.6. The van der Waals surface area contributed by atoms with Gasteiger partial charge in [-0.15, -0.1) is 0 Å². The van der Waals surface area contributed by atoms with Gasteiger partial charge in [0.2, 0.25) is 5.91 Å². The van der Waals surface area contributed by atoms with Crippen molar-refractivity contribution in [2.45, 2.75) is 38.8 Å². The van der Waals surface area contributed by atoms with Gasteiger partial charge in [0.25, 0.3) is 11.5 Å². The number of hydrogen-bond acceptors (Lipinski definition) is 4. The summed E-state index contributed by atoms with van der Waals surface area (Å²) in [6, 6.07) is 2.36. The van der Waals surface area contributed by atoms with E-state index in [4.69, 9.17) is 0 Å². The third-order valence-electron chi connectivity index (χ3n) is 3.76. The molecule has 2 amide bonds. The molecule has 0 aromatic carbocycles. The lowest BCUT2D eigenvalue weighted by molar-refractivity contribution is -0.132. The minimum absolute atomic E-state index is 0.0762. The van der Waals surface area contributed by atoms with E-state index in [0.717, 1.165) is 12.8 Å². The average molecular weight is 306 g/mol. The van der Waals surface area contributed by atoms with E-state index in [1.807, 2.05) is 6.92 Å². The molecule has 1 aliphatic heterocycles. The molecule has 22 heavy (non-hydrogen) atoms. The summed E-state index contributed by atoms with van der Waals surface area (Å²) in [6.45, 7) is 2.95. The van der Waals surface area contributed by atoms with Crippen molar-refractivity contribution < 1.29 is 9.59 Å². The van der Waals surface area contributed by atoms with Crippen molar-refractivity contribution in [1.29, 1.82) is 0 Å². The SMILES string of the molecule is CCCn1nc(C(=O)N2CCC[C@H]2C(=O)N(C)C)ccc1=O. The van der Waals surface area contributed by atoms with E-state index >= 15 is 0 Å². The summed E-state index contributed by atoms with van der Waals surface area (Å²) < 4.78 is 1.30. The van der Waals surface area contributed by atoms with Crippen LogP contribution in [0.3, 0.4) is 0 Å². The molecule has 0 N–H and O–H groups in total. The number of carbonyl (C=O) groups excluding carboxylic acids is 2. The Kier molecular flexibility index (Phi) is 4.95. The van der Waals surface area contributed by atoms with Crippen LogP contribution in [0.2, 0.25) is 0 Å². The molecular weight excluding hydrogens is 284 g/mol. The van der Waals surface area contributed by atoms with E-state index < -0.39 is 6.04 Å². The van der Waals surface area contributed by atoms with Crippen molar-refractivity contribution in [2.24, 2.45) is 0 Å². The normalized spacial score (nSPS) is 17.6. The molecule has 1 saturated heterocycles. The van der Waals surface area contributed by atoms with Crippen molar-refractivity contribution in [3.8, 4) is 0 Å². The highest BCUT2D eigenvalue weighted by Gasteiger charge is 2.35. The zero-order chi connectivity index (χ0) is 16.3. The number of aryl methyl sites for hydroxylation is 1. The summed E-state index contributed by atoms with van der Waals surface area (Å²) in [4.78, 5) is 39.5. The molecular formula is C15H22N4O3. The Morgan fingerprint density at radius 1 is 1.36 bits per heavy atom. The van der Waals surface area contributed by atoms with Crippen LogP contribution in [0, 0.1) is 0 Å². The monoisotopic (exact) mass is 306 g/mol. The minimum Gasteiger partial charge on any atom is -0.347 e. The van der Waals surface area contributed by atoms with Crippen LogP contribution in [-0.2, 0) is 11.3 Å². The number of amides is 2. The van der Waals surface area contributed by atoms with Gasteiger partial charge in [0.05, 0.1) is 0 Å². The summed E-state index contributed by atoms with van der Waals surface area (Å²) >= 11 is 0. The van der Waals surface area contributed by atoms with Gasteiger partial charge in [-0.3, -0.25) is 14.4 Å². The van der Waals surface area contributed by atoms with E-state index in [9.17, 15) is 14.4 Å². The van der Waals surface area contributed by atoms with Crippen molar-refractivity contribution in [1.82, 2.24) is 19.6 Å². The lowest BCUT2D eigenvalue weighted by Crippen LogP contribution is -2.46. The van der Waals surface area contributed by atoms with Crippen LogP contribution in [0.15, 0.2) is 16.9 Å². The topological polar surface area (TPSA) is 75.5 Å². The molecule has 1 fully saturated rings. The Morgan fingerprint density at radius 3 is 2.73 bits per heavy atom. The first-order valence-corrected chi connectivity index (χ1v) is 7.56. The van der Waals surface area contributed by atoms with Gasteiger partial charge in [-0.2, -0.15) is 5.10 Å². The molecule has 0 saturated carbocycles. The fourth-order valence-electron chi connectivity index (χ4n) is 2.65. The van der Waals surface area contributed by atoms with Crippen LogP contribution in [-0.4, -0.2) is 58.1 Å². The lowest BCUT2D eigenvalue weighted by Gasteiger charge is -2.26. The number of aromatic nitrogens is 2. The maximum atomic E-state index is 12.6. The first-order valence-electron chi connectivity index (χ1n) is 7.56. The lowest BCUT2D eigenvalue weighted by atomic mass is 10.2. The maximum Gasteiger partial charge on any atom is 0.274 e. The van der Waals surface area contributed by atoms with Crippen molar-refractivity contribution in [3.05, 3.63) is 28.2 Å². The van der Waals surface area contributed by atoms with Crippen molar-refractivity contribution in [3.63, 3.8) is 0 Å². The molecule has 2 rings (SSSR count). The third-order valence-corrected chi connectivity index (χ3v) is 3.76. The minimum atomic E-state index is -0.434. The number of carbonyl (C=O) groups is 2. The molecule has 1 atom stereocenters. The number of likely N-dealkylation sites (tertiary alicyclic amines) is 1. The van der Waals surface area contributed by atoms with Crippen molar-refractivity contribution in [2.75, 3.05) is 20.6 Å². The molecule has 0 unspecified atom stereocenters. The van der Waals surface area contributed by atoms with E-state index in [0.29, 0.717) is 19.5 Å². The Morgan fingerprint density at radius 2 is 2.09 bits per heavy atom. The molecule has 7 heteroatoms. The van der Waals surface area contributed by atoms with E-state index in [1.54, 1.807) is 19.0 Å². The number of rotatable bonds is 4. The highest BCUT2D eigenvalue weighted by molar-refractivity contribution is 5.96. The third kappa shape index (κ3) is 3.18. The Bertz CT molecular complexity index is 623. The van der Waals surface area contributed by atoms with Crippen molar-refractivity contribution >= 4 is 11.8 Å². The molecule has 1 aliphatic rings. The predicted octanol–water partition coefficient (Wildman–Crippen LogP) is 0.346. The van der Waals surface area contributed by atoms with Crippen LogP contribution in [0.25, 0.3) is 0 Å². The molecule has 0 bridgehead atoms. The molecule has 7 nitrogen and oxygen atoms in total. The summed E-state index contributed by atoms with van der Waals surface area (Å²) in [5.74, 6) is -0.365. The number of nitrogens with zero attached hydrogens (tertiary/aromatic N) is 4. The second-order valence-corrected chi connectivity index (χ2v) is 5.67. The first kappa shape index (κ1) is 16.2. The summed E-state index contributed by atoms with van der Waals surface area (Å²) in [6.07, 6.45) is 2.22. The zero-order valence-corrected chi connectivity index (χ0v) is 13.3. The predicted molar refractivity (Wildman–Crippen MR) is 81.5 cm³/mol. The molecule has 1 aromatic heterocycles. The van der Waals surface area contributed by atoms with Crippen LogP contribution in [0.4, 0.5) is 0 Å². The summed E-state index contributed by atoms with van der Waals surface area (Å²) in [7, 11) is 3.37. The highest BCUT2D eigenvalue weighted by atomic mass is 16.2. The summed E-state index contributed by atoms with van der Waals surface area (Å²) in [5, 5.41) is 4.13. The molecule has 2 heterocycles. The molecule has 0 aliphatic carbocycles. The average Bonchev–Trinajstić information content (AvgIpc) is 2.97. The van der Waals surface area contributed by atoms with Crippen LogP contribution >= 0.6 is 0 Å². The van der Waals surface area contributed by atoms with Gasteiger partial charge < -0.3 is 9.80 Å². The van der Waals surface area contributed by atoms with Gasteiger partial charge in [0.1, 0.15) is 11.7 Å². The van der Waals surface area contributed by atoms with Gasteiger partial charge in [0, 0.05) is 33.3 Å². The fourth-order valence-corrected chi connectivity index (χ4v) is 2.65. The van der Waals surface area contributed by atoms with Gasteiger partial charge >= 0.3 is 0 Å². The molecule has 0 radical (unpaired) electrons. The Hall–Kier alpha value is -2.18. The van der Waals surface area contributed by atoms with E-state index in [2.05, 4.69) is 5.10 Å². The van der Waals surface area contributed by atoms with Crippen LogP contribution in [0.5, 0.6) is 0 Å². The number of likely N-dealkylation sites (N-methyl/N-ethyl adjacent to an activating group) is 1. The van der Waals surface area contributed by atoms with Gasteiger partial charge in [-0.05, 0) is 25.3 Å². The Labute approximate surface area is 129 Å². The van der Waals surface area contributed by atoms with Crippen LogP contribution in [0.1, 0.15) is 36.7 Å². The molecule has 0 spiro atoms. The second kappa shape index (κ2) is 6.72. The first-order chi connectivity index (χ1) is 10.5. The largest absolute Gasteiger partial charge is 0.347 e. The highest BCUT2D eigenvalue weighted by Crippen LogP contribution is 2.20. The molecule has 1 aromatic rings. The summed E-state index contributed by atoms with van der Waals surface area (Å²) in [5.41, 5.74) is -0.00718. The quantitative estimate of drug-likeness (QED) is 0.804. The fraction of sp³-hybridized carbons (Fsp3) is 0.600.